The van der Waals surface area contributed by atoms with Crippen molar-refractivity contribution in [1.29, 1.82) is 0 Å². The minimum Gasteiger partial charge on any atom is -0.348 e. The summed E-state index contributed by atoms with van der Waals surface area (Å²) in [4.78, 5) is 25.1. The number of para-hydroxylation sites is 2. The van der Waals surface area contributed by atoms with Crippen molar-refractivity contribution in [2.45, 2.75) is 0 Å². The molecule has 0 unspecified atom stereocenters. The van der Waals surface area contributed by atoms with Gasteiger partial charge in [0.2, 0.25) is 0 Å². The molecule has 0 spiro atoms. The molecule has 4 nitrogen and oxygen atoms in total. The molecule has 3 rings (SSSR count). The maximum atomic E-state index is 12.6. The number of hydrogen-bond acceptors (Lipinski definition) is 6. The minimum absolute atomic E-state index is 0.0638. The third-order valence-corrected chi connectivity index (χ3v) is 5.84. The highest BCUT2D eigenvalue weighted by Gasteiger charge is 2.10. The van der Waals surface area contributed by atoms with E-state index in [0.29, 0.717) is 11.1 Å². The molecule has 0 saturated heterocycles. The Morgan fingerprint density at radius 1 is 0.594 bits per heavy atom. The van der Waals surface area contributed by atoms with Gasteiger partial charge in [-0.05, 0) is 24.6 Å². The summed E-state index contributed by atoms with van der Waals surface area (Å²) in [6.07, 6.45) is 7.03. The van der Waals surface area contributed by atoms with Crippen molar-refractivity contribution in [3.63, 3.8) is 0 Å². The van der Waals surface area contributed by atoms with Crippen LogP contribution < -0.4 is 10.6 Å². The Morgan fingerprint density at radius 3 is 1.28 bits per heavy atom. The lowest BCUT2D eigenvalue weighted by molar-refractivity contribution is 0.103. The van der Waals surface area contributed by atoms with Crippen molar-refractivity contribution < 1.29 is 9.59 Å². The van der Waals surface area contributed by atoms with Gasteiger partial charge in [0, 0.05) is 23.3 Å². The van der Waals surface area contributed by atoms with Crippen LogP contribution in [0.15, 0.2) is 107 Å². The van der Waals surface area contributed by atoms with Crippen LogP contribution in [0, 0.1) is 0 Å². The van der Waals surface area contributed by atoms with Crippen LogP contribution >= 0.6 is 23.5 Å². The molecule has 0 atom stereocenters. The molecule has 3 aromatic carbocycles. The molecule has 32 heavy (non-hydrogen) atoms. The Hall–Kier alpha value is -3.22. The summed E-state index contributed by atoms with van der Waals surface area (Å²) in [5, 5.41) is 8.11. The Balaban J connectivity index is 1.80. The molecule has 0 saturated carbocycles. The summed E-state index contributed by atoms with van der Waals surface area (Å²) < 4.78 is 0. The molecule has 0 bridgehead atoms. The normalized spacial score (nSPS) is 11.7. The van der Waals surface area contributed by atoms with E-state index in [9.17, 15) is 9.59 Å². The topological polar surface area (TPSA) is 58.2 Å². The van der Waals surface area contributed by atoms with Crippen molar-refractivity contribution in [2.75, 3.05) is 23.1 Å². The van der Waals surface area contributed by atoms with Gasteiger partial charge in [0.25, 0.3) is 0 Å². The molecular formula is C26H24N2O2S2. The zero-order valence-electron chi connectivity index (χ0n) is 17.9. The molecule has 3 aromatic rings. The maximum absolute atomic E-state index is 12.6. The summed E-state index contributed by atoms with van der Waals surface area (Å²) in [7, 11) is 0. The second kappa shape index (κ2) is 12.0. The summed E-state index contributed by atoms with van der Waals surface area (Å²) in [5.41, 5.74) is 2.89. The first kappa shape index (κ1) is 23.4. The number of anilines is 2. The van der Waals surface area contributed by atoms with Crippen molar-refractivity contribution in [2.24, 2.45) is 0 Å². The summed E-state index contributed by atoms with van der Waals surface area (Å²) >= 11 is 2.91. The standard InChI is InChI=1S/C26H24N2O2S2/c1-31-25(17-23(29)19-11-5-3-6-12-19)27-21-15-9-10-16-22(21)28-26(32-2)18-24(30)20-13-7-4-8-14-20/h3-18,27-28H,1-2H3/b25-17-,26-18-. The average molecular weight is 461 g/mol. The van der Waals surface area contributed by atoms with Crippen LogP contribution in [-0.2, 0) is 0 Å². The fourth-order valence-electron chi connectivity index (χ4n) is 2.87. The van der Waals surface area contributed by atoms with Gasteiger partial charge in [-0.3, -0.25) is 9.59 Å². The van der Waals surface area contributed by atoms with Gasteiger partial charge >= 0.3 is 0 Å². The Morgan fingerprint density at radius 2 is 0.938 bits per heavy atom. The van der Waals surface area contributed by atoms with Crippen LogP contribution in [0.3, 0.4) is 0 Å². The van der Waals surface area contributed by atoms with E-state index in [2.05, 4.69) is 10.6 Å². The summed E-state index contributed by atoms with van der Waals surface area (Å²) in [6, 6.07) is 26.0. The highest BCUT2D eigenvalue weighted by atomic mass is 32.2. The molecule has 0 fully saturated rings. The van der Waals surface area contributed by atoms with E-state index in [1.54, 1.807) is 36.4 Å². The van der Waals surface area contributed by atoms with E-state index < -0.39 is 0 Å². The van der Waals surface area contributed by atoms with Gasteiger partial charge in [-0.2, -0.15) is 0 Å². The first-order valence-electron chi connectivity index (χ1n) is 9.94. The predicted octanol–water partition coefficient (Wildman–Crippen LogP) is 6.69. The van der Waals surface area contributed by atoms with E-state index in [4.69, 9.17) is 0 Å². The van der Waals surface area contributed by atoms with Crippen molar-refractivity contribution in [3.05, 3.63) is 118 Å². The van der Waals surface area contributed by atoms with Gasteiger partial charge in [0.1, 0.15) is 0 Å². The highest BCUT2D eigenvalue weighted by Crippen LogP contribution is 2.28. The fourth-order valence-corrected chi connectivity index (χ4v) is 3.74. The Bertz CT molecular complexity index is 1040. The van der Waals surface area contributed by atoms with Crippen LogP contribution in [0.4, 0.5) is 11.4 Å². The molecular weight excluding hydrogens is 436 g/mol. The second-order valence-corrected chi connectivity index (χ2v) is 8.38. The Labute approximate surface area is 197 Å². The highest BCUT2D eigenvalue weighted by molar-refractivity contribution is 8.02. The van der Waals surface area contributed by atoms with Gasteiger partial charge in [-0.1, -0.05) is 72.8 Å². The van der Waals surface area contributed by atoms with E-state index in [-0.39, 0.29) is 11.6 Å². The van der Waals surface area contributed by atoms with Crippen LogP contribution in [0.5, 0.6) is 0 Å². The van der Waals surface area contributed by atoms with Crippen molar-refractivity contribution in [1.82, 2.24) is 0 Å². The van der Waals surface area contributed by atoms with Crippen LogP contribution in [0.1, 0.15) is 20.7 Å². The maximum Gasteiger partial charge on any atom is 0.188 e. The monoisotopic (exact) mass is 460 g/mol. The first-order valence-corrected chi connectivity index (χ1v) is 12.4. The van der Waals surface area contributed by atoms with Crippen LogP contribution in [0.25, 0.3) is 0 Å². The third-order valence-electron chi connectivity index (χ3n) is 4.52. The molecule has 0 aliphatic carbocycles. The van der Waals surface area contributed by atoms with E-state index in [1.807, 2.05) is 73.2 Å². The SMILES string of the molecule is CS/C(=C\C(=O)c1ccccc1)Nc1ccccc1N/C(=C/C(=O)c1ccccc1)SC. The third kappa shape index (κ3) is 6.64. The van der Waals surface area contributed by atoms with E-state index in [0.717, 1.165) is 21.4 Å². The zero-order valence-corrected chi connectivity index (χ0v) is 19.5. The number of thioether (sulfide) groups is 2. The minimum atomic E-state index is -0.0638. The largest absolute Gasteiger partial charge is 0.348 e. The van der Waals surface area contributed by atoms with Gasteiger partial charge in [-0.25, -0.2) is 0 Å². The fraction of sp³-hybridized carbons (Fsp3) is 0.0769. The van der Waals surface area contributed by atoms with E-state index >= 15 is 0 Å². The lowest BCUT2D eigenvalue weighted by Crippen LogP contribution is -2.06. The van der Waals surface area contributed by atoms with Crippen molar-refractivity contribution in [3.8, 4) is 0 Å². The van der Waals surface area contributed by atoms with Gasteiger partial charge < -0.3 is 10.6 Å². The molecule has 2 N–H and O–H groups in total. The molecule has 0 amide bonds. The molecule has 0 aromatic heterocycles. The van der Waals surface area contributed by atoms with Crippen LogP contribution in [0.2, 0.25) is 0 Å². The summed E-state index contributed by atoms with van der Waals surface area (Å²) in [6.45, 7) is 0. The van der Waals surface area contributed by atoms with E-state index in [1.165, 1.54) is 23.5 Å². The molecule has 6 heteroatoms. The van der Waals surface area contributed by atoms with Crippen molar-refractivity contribution >= 4 is 46.5 Å². The number of rotatable bonds is 10. The number of allylic oxidation sites excluding steroid dienone is 2. The smallest absolute Gasteiger partial charge is 0.188 e. The first-order chi connectivity index (χ1) is 15.6. The van der Waals surface area contributed by atoms with Crippen LogP contribution in [-0.4, -0.2) is 24.1 Å². The lowest BCUT2D eigenvalue weighted by Gasteiger charge is -2.16. The quantitative estimate of drug-likeness (QED) is 0.260. The summed E-state index contributed by atoms with van der Waals surface area (Å²) in [5.74, 6) is -0.128. The molecule has 162 valence electrons. The number of carbonyl (C=O) groups excluding carboxylic acids is 2. The number of benzene rings is 3. The van der Waals surface area contributed by atoms with Gasteiger partial charge in [-0.15, -0.1) is 23.5 Å². The Kier molecular flexibility index (Phi) is 8.78. The van der Waals surface area contributed by atoms with Gasteiger partial charge in [0.15, 0.2) is 11.6 Å². The zero-order chi connectivity index (χ0) is 22.8. The molecule has 0 aliphatic rings. The predicted molar refractivity (Wildman–Crippen MR) is 138 cm³/mol. The molecule has 0 radical (unpaired) electrons. The lowest BCUT2D eigenvalue weighted by atomic mass is 10.1. The van der Waals surface area contributed by atoms with Gasteiger partial charge in [0.05, 0.1) is 21.4 Å². The number of nitrogens with one attached hydrogen (secondary N) is 2. The molecule has 0 aliphatic heterocycles. The number of carbonyl (C=O) groups is 2. The second-order valence-electron chi connectivity index (χ2n) is 6.68. The number of ketones is 2. The molecule has 0 heterocycles. The number of hydrogen-bond donors (Lipinski definition) is 2. The average Bonchev–Trinajstić information content (AvgIpc) is 2.85.